The summed E-state index contributed by atoms with van der Waals surface area (Å²) < 4.78 is 67.9. The lowest BCUT2D eigenvalue weighted by atomic mass is 10.0. The van der Waals surface area contributed by atoms with Crippen molar-refractivity contribution in [2.75, 3.05) is 39.6 Å². The lowest BCUT2D eigenvalue weighted by Gasteiger charge is -2.21. The number of hydrogen-bond acceptors (Lipinski definition) is 15. The molecular formula is C65H126O17P2. The summed E-state index contributed by atoms with van der Waals surface area (Å²) in [6.45, 7) is 7.12. The molecule has 0 amide bonds. The number of carbonyl (C=O) groups is 4. The summed E-state index contributed by atoms with van der Waals surface area (Å²) in [7, 11) is -9.88. The predicted molar refractivity (Wildman–Crippen MR) is 335 cm³/mol. The van der Waals surface area contributed by atoms with Crippen LogP contribution in [-0.4, -0.2) is 96.7 Å². The van der Waals surface area contributed by atoms with Crippen LogP contribution in [0.15, 0.2) is 0 Å². The number of phosphoric ester groups is 2. The number of aliphatic hydroxyl groups excluding tert-OH is 1. The fraction of sp³-hybridized carbons (Fsp3) is 0.938. The molecule has 0 aliphatic carbocycles. The summed E-state index contributed by atoms with van der Waals surface area (Å²) in [5, 5.41) is 10.5. The monoisotopic (exact) mass is 1240 g/mol. The van der Waals surface area contributed by atoms with E-state index >= 15 is 0 Å². The van der Waals surface area contributed by atoms with E-state index in [-0.39, 0.29) is 25.7 Å². The van der Waals surface area contributed by atoms with Crippen molar-refractivity contribution in [1.29, 1.82) is 0 Å². The molecular weight excluding hydrogens is 1110 g/mol. The third-order valence-electron chi connectivity index (χ3n) is 15.0. The highest BCUT2D eigenvalue weighted by Gasteiger charge is 2.30. The molecule has 0 heterocycles. The summed E-state index contributed by atoms with van der Waals surface area (Å²) in [4.78, 5) is 72.0. The van der Waals surface area contributed by atoms with Gasteiger partial charge in [0.15, 0.2) is 12.2 Å². The molecule has 0 saturated carbocycles. The van der Waals surface area contributed by atoms with Crippen molar-refractivity contribution in [2.45, 2.75) is 348 Å². The van der Waals surface area contributed by atoms with E-state index in [1.54, 1.807) is 0 Å². The second kappa shape index (κ2) is 58.7. The van der Waals surface area contributed by atoms with Crippen LogP contribution in [-0.2, 0) is 65.4 Å². The Kier molecular flexibility index (Phi) is 57.4. The maximum absolute atomic E-state index is 13.0. The normalized spacial score (nSPS) is 14.2. The maximum Gasteiger partial charge on any atom is 0.472 e. The minimum absolute atomic E-state index is 0.106. The lowest BCUT2D eigenvalue weighted by Crippen LogP contribution is -2.30. The van der Waals surface area contributed by atoms with Crippen LogP contribution in [0.4, 0.5) is 0 Å². The van der Waals surface area contributed by atoms with E-state index in [4.69, 9.17) is 37.0 Å². The number of ether oxygens (including phenoxy) is 4. The average molecular weight is 1240 g/mol. The number of carbonyl (C=O) groups excluding carboxylic acids is 4. The van der Waals surface area contributed by atoms with E-state index in [2.05, 4.69) is 34.6 Å². The standard InChI is InChI=1S/C65H126O17P2/c1-6-9-12-15-17-19-21-22-23-24-26-32-36-41-46-51-65(70)82-61(55-76-63(68)49-44-39-34-30-28-27-29-33-38-42-47-58(4)5)57-80-84(73,74)78-53-59(66)52-77-83(71,72)79-56-60(54-75-62(67)48-43-37-14-11-8-3)81-64(69)50-45-40-35-31-25-20-18-16-13-10-7-2/h58-61,66H,6-57H2,1-5H3,(H,71,72)(H,73,74)/t59-,60+,61+/m0/s1. The molecule has 5 atom stereocenters. The van der Waals surface area contributed by atoms with Gasteiger partial charge in [-0.25, -0.2) is 9.13 Å². The molecule has 0 bridgehead atoms. The van der Waals surface area contributed by atoms with Crippen molar-refractivity contribution >= 4 is 39.5 Å². The highest BCUT2D eigenvalue weighted by atomic mass is 31.2. The second-order valence-corrected chi connectivity index (χ2v) is 26.9. The van der Waals surface area contributed by atoms with Gasteiger partial charge in [0.05, 0.1) is 26.4 Å². The highest BCUT2D eigenvalue weighted by molar-refractivity contribution is 7.47. The number of phosphoric acid groups is 2. The zero-order chi connectivity index (χ0) is 62.0. The molecule has 0 aliphatic rings. The Morgan fingerprint density at radius 3 is 0.810 bits per heavy atom. The fourth-order valence-corrected chi connectivity index (χ4v) is 11.3. The van der Waals surface area contributed by atoms with Crippen LogP contribution in [0.5, 0.6) is 0 Å². The molecule has 0 aromatic carbocycles. The number of aliphatic hydroxyl groups is 1. The molecule has 19 heteroatoms. The van der Waals surface area contributed by atoms with Gasteiger partial charge in [0.25, 0.3) is 0 Å². The summed E-state index contributed by atoms with van der Waals surface area (Å²) in [6, 6.07) is 0. The first kappa shape index (κ1) is 82.1. The summed E-state index contributed by atoms with van der Waals surface area (Å²) in [5.41, 5.74) is 0. The van der Waals surface area contributed by atoms with E-state index in [0.717, 1.165) is 102 Å². The van der Waals surface area contributed by atoms with Crippen molar-refractivity contribution in [1.82, 2.24) is 0 Å². The van der Waals surface area contributed by atoms with Crippen LogP contribution >= 0.6 is 15.6 Å². The predicted octanol–water partition coefficient (Wildman–Crippen LogP) is 18.2. The fourth-order valence-electron chi connectivity index (χ4n) is 9.76. The largest absolute Gasteiger partial charge is 0.472 e. The molecule has 2 unspecified atom stereocenters. The number of unbranched alkanes of at least 4 members (excludes halogenated alkanes) is 37. The summed E-state index contributed by atoms with van der Waals surface area (Å²) in [6.07, 6.45) is 43.3. The molecule has 0 radical (unpaired) electrons. The Morgan fingerprint density at radius 1 is 0.321 bits per heavy atom. The van der Waals surface area contributed by atoms with Crippen molar-refractivity contribution in [2.24, 2.45) is 5.92 Å². The van der Waals surface area contributed by atoms with E-state index in [1.165, 1.54) is 148 Å². The van der Waals surface area contributed by atoms with Gasteiger partial charge in [-0.1, -0.05) is 279 Å². The zero-order valence-electron chi connectivity index (χ0n) is 54.0. The smallest absolute Gasteiger partial charge is 0.462 e. The first-order valence-electron chi connectivity index (χ1n) is 34.1. The van der Waals surface area contributed by atoms with Crippen LogP contribution < -0.4 is 0 Å². The van der Waals surface area contributed by atoms with Crippen molar-refractivity contribution < 1.29 is 80.2 Å². The number of rotatable bonds is 65. The third kappa shape index (κ3) is 59.0. The molecule has 3 N–H and O–H groups in total. The SMILES string of the molecule is CCCCCCCCCCCCCCCCCC(=O)O[C@H](COC(=O)CCCCCCCCCCCCC(C)C)COP(=O)(O)OC[C@@H](O)COP(=O)(O)OC[C@@H](COC(=O)CCCCCCC)OC(=O)CCCCCCCCCCCCC. The summed E-state index contributed by atoms with van der Waals surface area (Å²) in [5.74, 6) is -1.38. The van der Waals surface area contributed by atoms with Gasteiger partial charge < -0.3 is 33.8 Å². The van der Waals surface area contributed by atoms with Gasteiger partial charge in [0, 0.05) is 25.7 Å². The van der Waals surface area contributed by atoms with E-state index in [1.807, 2.05) is 0 Å². The van der Waals surface area contributed by atoms with Crippen molar-refractivity contribution in [3.63, 3.8) is 0 Å². The Balaban J connectivity index is 5.17. The Morgan fingerprint density at radius 2 is 0.548 bits per heavy atom. The van der Waals surface area contributed by atoms with Gasteiger partial charge in [0.1, 0.15) is 19.3 Å². The molecule has 84 heavy (non-hydrogen) atoms. The molecule has 17 nitrogen and oxygen atoms in total. The molecule has 498 valence electrons. The Hall–Kier alpha value is -1.94. The Bertz CT molecular complexity index is 1640. The van der Waals surface area contributed by atoms with E-state index < -0.39 is 97.5 Å². The van der Waals surface area contributed by atoms with Crippen LogP contribution in [0, 0.1) is 5.92 Å². The minimum atomic E-state index is -4.94. The first-order valence-corrected chi connectivity index (χ1v) is 37.1. The molecule has 0 aliphatic heterocycles. The highest BCUT2D eigenvalue weighted by Crippen LogP contribution is 2.45. The van der Waals surface area contributed by atoms with Gasteiger partial charge in [0.2, 0.25) is 0 Å². The Labute approximate surface area is 511 Å². The lowest BCUT2D eigenvalue weighted by molar-refractivity contribution is -0.161. The van der Waals surface area contributed by atoms with Crippen LogP contribution in [0.3, 0.4) is 0 Å². The molecule has 0 aromatic heterocycles. The topological polar surface area (TPSA) is 237 Å². The van der Waals surface area contributed by atoms with Crippen LogP contribution in [0.2, 0.25) is 0 Å². The molecule has 0 aromatic rings. The van der Waals surface area contributed by atoms with Crippen LogP contribution in [0.1, 0.15) is 330 Å². The van der Waals surface area contributed by atoms with Gasteiger partial charge >= 0.3 is 39.5 Å². The molecule has 0 fully saturated rings. The molecule has 0 rings (SSSR count). The summed E-state index contributed by atoms with van der Waals surface area (Å²) >= 11 is 0. The number of hydrogen-bond donors (Lipinski definition) is 3. The van der Waals surface area contributed by atoms with Gasteiger partial charge in [-0.3, -0.25) is 37.3 Å². The first-order chi connectivity index (χ1) is 40.5. The van der Waals surface area contributed by atoms with E-state index in [0.29, 0.717) is 25.7 Å². The average Bonchev–Trinajstić information content (AvgIpc) is 3.59. The van der Waals surface area contributed by atoms with Crippen molar-refractivity contribution in [3.8, 4) is 0 Å². The van der Waals surface area contributed by atoms with Gasteiger partial charge in [-0.15, -0.1) is 0 Å². The third-order valence-corrected chi connectivity index (χ3v) is 16.9. The van der Waals surface area contributed by atoms with Crippen molar-refractivity contribution in [3.05, 3.63) is 0 Å². The maximum atomic E-state index is 13.0. The molecule has 0 spiro atoms. The zero-order valence-corrected chi connectivity index (χ0v) is 55.8. The van der Waals surface area contributed by atoms with Gasteiger partial charge in [-0.2, -0.15) is 0 Å². The quantitative estimate of drug-likeness (QED) is 0.0222. The number of esters is 4. The molecule has 0 saturated heterocycles. The van der Waals surface area contributed by atoms with Gasteiger partial charge in [-0.05, 0) is 31.6 Å². The van der Waals surface area contributed by atoms with E-state index in [9.17, 15) is 43.2 Å². The second-order valence-electron chi connectivity index (χ2n) is 24.0. The van der Waals surface area contributed by atoms with Crippen LogP contribution in [0.25, 0.3) is 0 Å². The minimum Gasteiger partial charge on any atom is -0.462 e.